The maximum atomic E-state index is 12.5. The first kappa shape index (κ1) is 19.9. The molecule has 1 saturated heterocycles. The van der Waals surface area contributed by atoms with Gasteiger partial charge in [-0.3, -0.25) is 9.59 Å². The highest BCUT2D eigenvalue weighted by Gasteiger charge is 2.21. The number of benzene rings is 1. The third-order valence-corrected chi connectivity index (χ3v) is 4.74. The third-order valence-electron chi connectivity index (χ3n) is 4.74. The van der Waals surface area contributed by atoms with E-state index in [2.05, 4.69) is 10.1 Å². The highest BCUT2D eigenvalue weighted by molar-refractivity contribution is 5.77. The molecule has 0 atom stereocenters. The molecule has 3 rings (SSSR count). The molecule has 150 valence electrons. The number of ether oxygens (including phenoxy) is 1. The number of carbonyl (C=O) groups excluding carboxylic acids is 2. The van der Waals surface area contributed by atoms with Crippen molar-refractivity contribution in [1.29, 1.82) is 0 Å². The summed E-state index contributed by atoms with van der Waals surface area (Å²) in [6.07, 6.45) is 1.51. The minimum atomic E-state index is 0.0474. The van der Waals surface area contributed by atoms with Crippen molar-refractivity contribution in [2.24, 2.45) is 0 Å². The van der Waals surface area contributed by atoms with Crippen LogP contribution < -0.4 is 4.74 Å². The van der Waals surface area contributed by atoms with Crippen LogP contribution in [-0.2, 0) is 16.0 Å². The Kier molecular flexibility index (Phi) is 6.62. The quantitative estimate of drug-likeness (QED) is 0.756. The Balaban J connectivity index is 1.52. The van der Waals surface area contributed by atoms with Crippen LogP contribution in [-0.4, -0.2) is 64.5 Å². The normalized spacial score (nSPS) is 14.6. The van der Waals surface area contributed by atoms with Crippen LogP contribution in [0.3, 0.4) is 0 Å². The van der Waals surface area contributed by atoms with Crippen LogP contribution in [0.4, 0.5) is 0 Å². The Morgan fingerprint density at radius 3 is 2.54 bits per heavy atom. The molecule has 0 N–H and O–H groups in total. The molecule has 0 radical (unpaired) electrons. The maximum absolute atomic E-state index is 12.5. The summed E-state index contributed by atoms with van der Waals surface area (Å²) in [6.45, 7) is 6.64. The number of hydrogen-bond acceptors (Lipinski definition) is 6. The summed E-state index contributed by atoms with van der Waals surface area (Å²) in [7, 11) is 0. The monoisotopic (exact) mass is 386 g/mol. The number of rotatable bonds is 6. The SMILES string of the molecule is CCOc1ccc(-c2noc(CCC(=O)N3CCCN(C(C)=O)CC3)n2)cc1. The summed E-state index contributed by atoms with van der Waals surface area (Å²) in [4.78, 5) is 32.0. The second-order valence-corrected chi connectivity index (χ2v) is 6.71. The van der Waals surface area contributed by atoms with E-state index in [4.69, 9.17) is 9.26 Å². The van der Waals surface area contributed by atoms with Crippen molar-refractivity contribution >= 4 is 11.8 Å². The second-order valence-electron chi connectivity index (χ2n) is 6.71. The van der Waals surface area contributed by atoms with Crippen LogP contribution in [0.25, 0.3) is 11.4 Å². The van der Waals surface area contributed by atoms with E-state index in [1.54, 1.807) is 11.8 Å². The molecule has 0 unspecified atom stereocenters. The molecule has 0 bridgehead atoms. The standard InChI is InChI=1S/C20H26N4O4/c1-3-27-17-7-5-16(6-8-17)20-21-18(28-22-20)9-10-19(26)24-12-4-11-23(13-14-24)15(2)25/h5-8H,3-4,9-14H2,1-2H3. The van der Waals surface area contributed by atoms with Crippen LogP contribution in [0, 0.1) is 0 Å². The Labute approximate surface area is 164 Å². The van der Waals surface area contributed by atoms with Crippen molar-refractivity contribution in [3.8, 4) is 17.1 Å². The third kappa shape index (κ3) is 5.09. The van der Waals surface area contributed by atoms with Crippen molar-refractivity contribution in [2.75, 3.05) is 32.8 Å². The summed E-state index contributed by atoms with van der Waals surface area (Å²) >= 11 is 0. The van der Waals surface area contributed by atoms with Gasteiger partial charge in [-0.2, -0.15) is 4.98 Å². The number of hydrogen-bond donors (Lipinski definition) is 0. The Hall–Kier alpha value is -2.90. The smallest absolute Gasteiger partial charge is 0.227 e. The van der Waals surface area contributed by atoms with Gasteiger partial charge in [0.15, 0.2) is 0 Å². The highest BCUT2D eigenvalue weighted by atomic mass is 16.5. The summed E-state index contributed by atoms with van der Waals surface area (Å²) in [6, 6.07) is 7.48. The predicted molar refractivity (Wildman–Crippen MR) is 103 cm³/mol. The van der Waals surface area contributed by atoms with E-state index in [9.17, 15) is 9.59 Å². The minimum Gasteiger partial charge on any atom is -0.494 e. The zero-order valence-electron chi connectivity index (χ0n) is 16.4. The fourth-order valence-corrected chi connectivity index (χ4v) is 3.19. The minimum absolute atomic E-state index is 0.0474. The number of aromatic nitrogens is 2. The highest BCUT2D eigenvalue weighted by Crippen LogP contribution is 2.20. The molecule has 1 fully saturated rings. The largest absolute Gasteiger partial charge is 0.494 e. The van der Waals surface area contributed by atoms with Gasteiger partial charge in [-0.1, -0.05) is 5.16 Å². The van der Waals surface area contributed by atoms with Crippen LogP contribution in [0.5, 0.6) is 5.75 Å². The average Bonchev–Trinajstić information content (AvgIpc) is 3.02. The Morgan fingerprint density at radius 1 is 1.11 bits per heavy atom. The van der Waals surface area contributed by atoms with E-state index in [-0.39, 0.29) is 11.8 Å². The zero-order chi connectivity index (χ0) is 19.9. The van der Waals surface area contributed by atoms with Crippen LogP contribution in [0.1, 0.15) is 32.6 Å². The van der Waals surface area contributed by atoms with Gasteiger partial charge in [-0.05, 0) is 37.6 Å². The van der Waals surface area contributed by atoms with E-state index < -0.39 is 0 Å². The van der Waals surface area contributed by atoms with Gasteiger partial charge in [0.2, 0.25) is 23.5 Å². The van der Waals surface area contributed by atoms with Gasteiger partial charge in [0.05, 0.1) is 6.61 Å². The molecule has 1 aromatic heterocycles. The molecule has 8 nitrogen and oxygen atoms in total. The van der Waals surface area contributed by atoms with E-state index >= 15 is 0 Å². The number of aryl methyl sites for hydroxylation is 1. The molecule has 0 aliphatic carbocycles. The van der Waals surface area contributed by atoms with Gasteiger partial charge in [0.25, 0.3) is 0 Å². The lowest BCUT2D eigenvalue weighted by Gasteiger charge is -2.21. The number of nitrogens with zero attached hydrogens (tertiary/aromatic N) is 4. The van der Waals surface area contributed by atoms with Crippen molar-refractivity contribution in [2.45, 2.75) is 33.1 Å². The van der Waals surface area contributed by atoms with E-state index in [1.165, 1.54) is 0 Å². The lowest BCUT2D eigenvalue weighted by atomic mass is 10.2. The van der Waals surface area contributed by atoms with Crippen molar-refractivity contribution in [1.82, 2.24) is 19.9 Å². The maximum Gasteiger partial charge on any atom is 0.227 e. The number of carbonyl (C=O) groups is 2. The zero-order valence-corrected chi connectivity index (χ0v) is 16.4. The van der Waals surface area contributed by atoms with E-state index in [1.807, 2.05) is 36.1 Å². The molecule has 2 amide bonds. The van der Waals surface area contributed by atoms with E-state index in [0.29, 0.717) is 57.3 Å². The molecular formula is C20H26N4O4. The van der Waals surface area contributed by atoms with Gasteiger partial charge in [-0.25, -0.2) is 0 Å². The Bertz CT molecular complexity index is 803. The van der Waals surface area contributed by atoms with E-state index in [0.717, 1.165) is 17.7 Å². The summed E-state index contributed by atoms with van der Waals surface area (Å²) in [5.74, 6) is 1.84. The van der Waals surface area contributed by atoms with Crippen LogP contribution in [0.2, 0.25) is 0 Å². The lowest BCUT2D eigenvalue weighted by molar-refractivity contribution is -0.132. The Morgan fingerprint density at radius 2 is 1.82 bits per heavy atom. The first-order valence-electron chi connectivity index (χ1n) is 9.66. The molecule has 0 spiro atoms. The summed E-state index contributed by atoms with van der Waals surface area (Å²) < 4.78 is 10.7. The molecule has 28 heavy (non-hydrogen) atoms. The van der Waals surface area contributed by atoms with Crippen LogP contribution >= 0.6 is 0 Å². The predicted octanol–water partition coefficient (Wildman–Crippen LogP) is 2.15. The van der Waals surface area contributed by atoms with Crippen molar-refractivity contribution < 1.29 is 18.8 Å². The molecule has 8 heteroatoms. The van der Waals surface area contributed by atoms with Crippen molar-refractivity contribution in [3.63, 3.8) is 0 Å². The summed E-state index contributed by atoms with van der Waals surface area (Å²) in [5.41, 5.74) is 0.835. The topological polar surface area (TPSA) is 88.8 Å². The summed E-state index contributed by atoms with van der Waals surface area (Å²) in [5, 5.41) is 4.00. The first-order chi connectivity index (χ1) is 13.6. The van der Waals surface area contributed by atoms with Crippen LogP contribution in [0.15, 0.2) is 28.8 Å². The molecule has 2 heterocycles. The second kappa shape index (κ2) is 9.34. The van der Waals surface area contributed by atoms with Gasteiger partial charge in [0, 0.05) is 51.5 Å². The molecule has 2 aromatic rings. The lowest BCUT2D eigenvalue weighted by Crippen LogP contribution is -2.36. The fourth-order valence-electron chi connectivity index (χ4n) is 3.19. The van der Waals surface area contributed by atoms with Gasteiger partial charge in [0.1, 0.15) is 5.75 Å². The average molecular weight is 386 g/mol. The van der Waals surface area contributed by atoms with Gasteiger partial charge < -0.3 is 19.1 Å². The number of amides is 2. The molecule has 0 saturated carbocycles. The fraction of sp³-hybridized carbons (Fsp3) is 0.500. The molecule has 1 aromatic carbocycles. The van der Waals surface area contributed by atoms with Gasteiger partial charge >= 0.3 is 0 Å². The van der Waals surface area contributed by atoms with Gasteiger partial charge in [-0.15, -0.1) is 0 Å². The molecule has 1 aliphatic heterocycles. The molecular weight excluding hydrogens is 360 g/mol. The first-order valence-corrected chi connectivity index (χ1v) is 9.66. The molecule has 1 aliphatic rings. The van der Waals surface area contributed by atoms with Crippen molar-refractivity contribution in [3.05, 3.63) is 30.2 Å².